The summed E-state index contributed by atoms with van der Waals surface area (Å²) in [5.41, 5.74) is 1.22. The van der Waals surface area contributed by atoms with E-state index in [4.69, 9.17) is 9.84 Å². The molecule has 1 saturated heterocycles. The minimum atomic E-state index is -3.40. The zero-order valence-electron chi connectivity index (χ0n) is 11.0. The van der Waals surface area contributed by atoms with Crippen LogP contribution < -0.4 is 4.72 Å². The molecule has 1 aromatic rings. The van der Waals surface area contributed by atoms with Gasteiger partial charge in [-0.2, -0.15) is 0 Å². The zero-order valence-corrected chi connectivity index (χ0v) is 11.8. The van der Waals surface area contributed by atoms with Crippen molar-refractivity contribution in [1.29, 1.82) is 0 Å². The monoisotopic (exact) mass is 295 g/mol. The number of anilines is 1. The van der Waals surface area contributed by atoms with Gasteiger partial charge in [-0.15, -0.1) is 0 Å². The molecule has 108 valence electrons. The van der Waals surface area contributed by atoms with Gasteiger partial charge < -0.3 is 9.84 Å². The zero-order chi connectivity index (χ0) is 14.4. The van der Waals surface area contributed by atoms with Crippen molar-refractivity contribution in [3.05, 3.63) is 29.8 Å². The molecule has 6 heteroatoms. The first-order valence-corrected chi connectivity index (χ1v) is 8.06. The van der Waals surface area contributed by atoms with Crippen molar-refractivity contribution >= 4 is 15.7 Å². The summed E-state index contributed by atoms with van der Waals surface area (Å²) in [4.78, 5) is 0. The van der Waals surface area contributed by atoms with Crippen LogP contribution in [0.25, 0.3) is 0 Å². The maximum Gasteiger partial charge on any atom is 0.235 e. The molecular weight excluding hydrogens is 278 g/mol. The molecule has 0 radical (unpaired) electrons. The van der Waals surface area contributed by atoms with E-state index in [1.54, 1.807) is 24.3 Å². The van der Waals surface area contributed by atoms with Crippen molar-refractivity contribution in [3.63, 3.8) is 0 Å². The smallest absolute Gasteiger partial charge is 0.235 e. The molecule has 2 N–H and O–H groups in total. The van der Waals surface area contributed by atoms with Gasteiger partial charge >= 0.3 is 0 Å². The molecular formula is C14H17NO4S. The first-order chi connectivity index (χ1) is 9.59. The number of aliphatic hydroxyl groups is 1. The van der Waals surface area contributed by atoms with Gasteiger partial charge in [0, 0.05) is 17.9 Å². The molecule has 0 aromatic heterocycles. The van der Waals surface area contributed by atoms with Crippen LogP contribution in [-0.2, 0) is 14.8 Å². The fourth-order valence-electron chi connectivity index (χ4n) is 2.00. The van der Waals surface area contributed by atoms with Gasteiger partial charge in [0.1, 0.15) is 6.61 Å². The Balaban J connectivity index is 1.97. The molecule has 1 aliphatic heterocycles. The number of hydrogen-bond acceptors (Lipinski definition) is 4. The van der Waals surface area contributed by atoms with E-state index in [9.17, 15) is 8.42 Å². The molecule has 0 bridgehead atoms. The van der Waals surface area contributed by atoms with E-state index in [0.29, 0.717) is 12.3 Å². The van der Waals surface area contributed by atoms with Crippen LogP contribution in [0.3, 0.4) is 0 Å². The highest BCUT2D eigenvalue weighted by atomic mass is 32.2. The van der Waals surface area contributed by atoms with Crippen molar-refractivity contribution < 1.29 is 18.3 Å². The fourth-order valence-corrected chi connectivity index (χ4v) is 3.34. The van der Waals surface area contributed by atoms with Crippen LogP contribution in [0.2, 0.25) is 0 Å². The minimum absolute atomic E-state index is 0.0148. The molecule has 1 heterocycles. The van der Waals surface area contributed by atoms with E-state index in [1.165, 1.54) is 0 Å². The molecule has 0 amide bonds. The van der Waals surface area contributed by atoms with Crippen molar-refractivity contribution in [2.75, 3.05) is 23.7 Å². The topological polar surface area (TPSA) is 75.6 Å². The Morgan fingerprint density at radius 3 is 2.70 bits per heavy atom. The Morgan fingerprint density at radius 1 is 1.35 bits per heavy atom. The number of rotatable bonds is 4. The molecule has 1 unspecified atom stereocenters. The third kappa shape index (κ3) is 4.53. The van der Waals surface area contributed by atoms with E-state index in [-0.39, 0.29) is 18.5 Å². The van der Waals surface area contributed by atoms with E-state index < -0.39 is 10.0 Å². The summed E-state index contributed by atoms with van der Waals surface area (Å²) >= 11 is 0. The van der Waals surface area contributed by atoms with E-state index >= 15 is 0 Å². The molecule has 0 saturated carbocycles. The average Bonchev–Trinajstić information content (AvgIpc) is 2.89. The van der Waals surface area contributed by atoms with E-state index in [2.05, 4.69) is 16.6 Å². The highest BCUT2D eigenvalue weighted by Crippen LogP contribution is 2.16. The van der Waals surface area contributed by atoms with Gasteiger partial charge in [-0.25, -0.2) is 8.42 Å². The molecule has 0 aliphatic carbocycles. The van der Waals surface area contributed by atoms with Gasteiger partial charge in [-0.1, -0.05) is 11.8 Å². The second kappa shape index (κ2) is 6.75. The summed E-state index contributed by atoms with van der Waals surface area (Å²) in [6.45, 7) is 0.439. The van der Waals surface area contributed by atoms with Gasteiger partial charge in [0.15, 0.2) is 0 Å². The number of ether oxygens (including phenoxy) is 1. The number of hydrogen-bond donors (Lipinski definition) is 2. The van der Waals surface area contributed by atoms with Crippen molar-refractivity contribution in [2.45, 2.75) is 18.9 Å². The third-order valence-electron chi connectivity index (χ3n) is 2.90. The lowest BCUT2D eigenvalue weighted by Gasteiger charge is -2.12. The maximum absolute atomic E-state index is 12.0. The van der Waals surface area contributed by atoms with Crippen LogP contribution in [0.4, 0.5) is 5.69 Å². The van der Waals surface area contributed by atoms with E-state index in [1.807, 2.05) is 0 Å². The summed E-state index contributed by atoms with van der Waals surface area (Å²) in [6.07, 6.45) is 1.50. The molecule has 2 rings (SSSR count). The highest BCUT2D eigenvalue weighted by molar-refractivity contribution is 7.92. The molecule has 5 nitrogen and oxygen atoms in total. The van der Waals surface area contributed by atoms with Gasteiger partial charge in [-0.05, 0) is 37.1 Å². The molecule has 1 fully saturated rings. The van der Waals surface area contributed by atoms with Crippen LogP contribution in [0.15, 0.2) is 24.3 Å². The maximum atomic E-state index is 12.0. The number of benzene rings is 1. The Bertz CT molecular complexity index is 592. The largest absolute Gasteiger partial charge is 0.384 e. The fraction of sp³-hybridized carbons (Fsp3) is 0.429. The van der Waals surface area contributed by atoms with Crippen molar-refractivity contribution in [1.82, 2.24) is 0 Å². The lowest BCUT2D eigenvalue weighted by atomic mass is 10.2. The SMILES string of the molecule is O=S(=O)(CC1CCCO1)Nc1ccc(C#CCO)cc1. The summed E-state index contributed by atoms with van der Waals surface area (Å²) in [6, 6.07) is 6.70. The highest BCUT2D eigenvalue weighted by Gasteiger charge is 2.23. The number of nitrogens with one attached hydrogen (secondary N) is 1. The molecule has 1 atom stereocenters. The number of sulfonamides is 1. The van der Waals surface area contributed by atoms with Gasteiger partial charge in [0.05, 0.1) is 11.9 Å². The van der Waals surface area contributed by atoms with Crippen LogP contribution in [-0.4, -0.2) is 38.6 Å². The summed E-state index contributed by atoms with van der Waals surface area (Å²) in [7, 11) is -3.40. The lowest BCUT2D eigenvalue weighted by Crippen LogP contribution is -2.25. The van der Waals surface area contributed by atoms with Crippen LogP contribution in [0.1, 0.15) is 18.4 Å². The van der Waals surface area contributed by atoms with Crippen LogP contribution in [0.5, 0.6) is 0 Å². The minimum Gasteiger partial charge on any atom is -0.384 e. The molecule has 1 aromatic carbocycles. The van der Waals surface area contributed by atoms with Crippen molar-refractivity contribution in [3.8, 4) is 11.8 Å². The van der Waals surface area contributed by atoms with Crippen molar-refractivity contribution in [2.24, 2.45) is 0 Å². The third-order valence-corrected chi connectivity index (χ3v) is 4.26. The van der Waals surface area contributed by atoms with Gasteiger partial charge in [-0.3, -0.25) is 4.72 Å². The summed E-state index contributed by atoms with van der Waals surface area (Å²) in [5.74, 6) is 5.26. The second-order valence-electron chi connectivity index (χ2n) is 4.56. The Morgan fingerprint density at radius 2 is 2.10 bits per heavy atom. The van der Waals surface area contributed by atoms with Gasteiger partial charge in [0.25, 0.3) is 0 Å². The van der Waals surface area contributed by atoms with Crippen LogP contribution in [0, 0.1) is 11.8 Å². The lowest BCUT2D eigenvalue weighted by molar-refractivity contribution is 0.127. The molecule has 20 heavy (non-hydrogen) atoms. The Labute approximate surface area is 119 Å². The Hall–Kier alpha value is -1.55. The number of aliphatic hydroxyl groups excluding tert-OH is 1. The molecule has 0 spiro atoms. The van der Waals surface area contributed by atoms with Crippen LogP contribution >= 0.6 is 0 Å². The summed E-state index contributed by atoms with van der Waals surface area (Å²) in [5, 5.41) is 8.59. The second-order valence-corrected chi connectivity index (χ2v) is 6.32. The quantitative estimate of drug-likeness (QED) is 0.811. The summed E-state index contributed by atoms with van der Waals surface area (Å²) < 4.78 is 31.8. The molecule has 1 aliphatic rings. The Kier molecular flexibility index (Phi) is 5.01. The average molecular weight is 295 g/mol. The van der Waals surface area contributed by atoms with Gasteiger partial charge in [0.2, 0.25) is 10.0 Å². The van der Waals surface area contributed by atoms with E-state index in [0.717, 1.165) is 18.4 Å². The normalized spacial score (nSPS) is 18.4. The standard InChI is InChI=1S/C14H17NO4S/c16-9-1-3-12-5-7-13(8-6-12)15-20(17,18)11-14-4-2-10-19-14/h5-8,14-16H,2,4,9-11H2. The predicted octanol–water partition coefficient (Wildman–Crippen LogP) is 0.951. The first-order valence-electron chi connectivity index (χ1n) is 6.41. The predicted molar refractivity (Wildman–Crippen MR) is 76.8 cm³/mol. The first kappa shape index (κ1) is 14.9.